The van der Waals surface area contributed by atoms with Crippen molar-refractivity contribution < 1.29 is 5.11 Å². The predicted octanol–water partition coefficient (Wildman–Crippen LogP) is 1.06. The summed E-state index contributed by atoms with van der Waals surface area (Å²) in [6, 6.07) is 4.06. The van der Waals surface area contributed by atoms with Crippen molar-refractivity contribution >= 4 is 0 Å². The summed E-state index contributed by atoms with van der Waals surface area (Å²) in [4.78, 5) is 35.9. The fourth-order valence-corrected chi connectivity index (χ4v) is 1.93. The van der Waals surface area contributed by atoms with Crippen molar-refractivity contribution in [2.45, 2.75) is 40.0 Å². The zero-order valence-electron chi connectivity index (χ0n) is 13.3. The van der Waals surface area contributed by atoms with Crippen LogP contribution in [0.15, 0.2) is 26.5 Å². The third-order valence-electron chi connectivity index (χ3n) is 2.93. The second-order valence-electron chi connectivity index (χ2n) is 6.09. The number of phenols is 1. The third kappa shape index (κ3) is 4.76. The van der Waals surface area contributed by atoms with Crippen molar-refractivity contribution in [3.63, 3.8) is 0 Å². The maximum atomic E-state index is 10.2. The molecular formula is C15H21N3O4. The second-order valence-corrected chi connectivity index (χ2v) is 6.09. The minimum absolute atomic E-state index is 0.0147. The van der Waals surface area contributed by atoms with Gasteiger partial charge in [-0.25, -0.2) is 14.4 Å². The molecule has 0 spiro atoms. The minimum atomic E-state index is -0.802. The van der Waals surface area contributed by atoms with Gasteiger partial charge in [-0.2, -0.15) is 0 Å². The summed E-state index contributed by atoms with van der Waals surface area (Å²) >= 11 is 0. The Labute approximate surface area is 127 Å². The molecule has 0 amide bonds. The molecule has 1 aromatic carbocycles. The van der Waals surface area contributed by atoms with Crippen LogP contribution in [-0.2, 0) is 5.41 Å². The van der Waals surface area contributed by atoms with Crippen molar-refractivity contribution in [3.05, 3.63) is 60.3 Å². The molecule has 0 bridgehead atoms. The predicted molar refractivity (Wildman–Crippen MR) is 84.6 cm³/mol. The Morgan fingerprint density at radius 1 is 0.864 bits per heavy atom. The fourth-order valence-electron chi connectivity index (χ4n) is 1.93. The Hall–Kier alpha value is -2.57. The van der Waals surface area contributed by atoms with E-state index in [1.807, 2.05) is 13.0 Å². The van der Waals surface area contributed by atoms with Gasteiger partial charge in [0, 0.05) is 0 Å². The van der Waals surface area contributed by atoms with E-state index in [-0.39, 0.29) is 5.41 Å². The van der Waals surface area contributed by atoms with E-state index in [1.165, 1.54) is 5.56 Å². The van der Waals surface area contributed by atoms with E-state index in [0.29, 0.717) is 5.75 Å². The highest BCUT2D eigenvalue weighted by Gasteiger charge is 2.19. The van der Waals surface area contributed by atoms with Gasteiger partial charge in [0.1, 0.15) is 5.75 Å². The SMILES string of the molecule is Cc1cc(C)c(O)c(C(C)(C)C)c1.O=c1[nH]c(=O)[nH]c(=O)[nH]1. The van der Waals surface area contributed by atoms with Crippen LogP contribution in [-0.4, -0.2) is 20.1 Å². The molecule has 0 saturated heterocycles. The van der Waals surface area contributed by atoms with Gasteiger partial charge in [0.05, 0.1) is 0 Å². The average Bonchev–Trinajstić information content (AvgIpc) is 2.31. The molecule has 0 atom stereocenters. The van der Waals surface area contributed by atoms with Crippen molar-refractivity contribution in [2.24, 2.45) is 0 Å². The normalized spacial score (nSPS) is 10.8. The quantitative estimate of drug-likeness (QED) is 0.581. The molecule has 0 aliphatic heterocycles. The standard InChI is InChI=1S/C12H18O.C3H3N3O3/c1-8-6-9(2)11(13)10(7-8)12(3,4)5;7-1-4-2(8)6-3(9)5-1/h6-7,13H,1-5H3;(H3,4,5,6,7,8,9). The van der Waals surface area contributed by atoms with Crippen LogP contribution in [0.5, 0.6) is 5.75 Å². The van der Waals surface area contributed by atoms with Crippen LogP contribution in [0, 0.1) is 13.8 Å². The van der Waals surface area contributed by atoms with Gasteiger partial charge in [-0.15, -0.1) is 0 Å². The van der Waals surface area contributed by atoms with Gasteiger partial charge in [0.25, 0.3) is 0 Å². The van der Waals surface area contributed by atoms with Crippen molar-refractivity contribution in [1.29, 1.82) is 0 Å². The minimum Gasteiger partial charge on any atom is -0.507 e. The van der Waals surface area contributed by atoms with E-state index < -0.39 is 17.1 Å². The zero-order chi connectivity index (χ0) is 17.1. The molecule has 7 nitrogen and oxygen atoms in total. The Balaban J connectivity index is 0.000000235. The first-order valence-corrected chi connectivity index (χ1v) is 6.74. The number of hydrogen-bond acceptors (Lipinski definition) is 4. The number of aromatic nitrogens is 3. The Kier molecular flexibility index (Phi) is 5.14. The number of nitrogens with one attached hydrogen (secondary N) is 3. The average molecular weight is 307 g/mol. The number of phenolic OH excluding ortho intramolecular Hbond substituents is 1. The number of aromatic hydroxyl groups is 1. The summed E-state index contributed by atoms with van der Waals surface area (Å²) in [5, 5.41) is 9.86. The molecular weight excluding hydrogens is 286 g/mol. The summed E-state index contributed by atoms with van der Waals surface area (Å²) in [5.74, 6) is 0.443. The molecule has 2 aromatic rings. The van der Waals surface area contributed by atoms with Gasteiger partial charge in [-0.1, -0.05) is 38.5 Å². The first kappa shape index (κ1) is 17.5. The molecule has 0 aliphatic carbocycles. The van der Waals surface area contributed by atoms with E-state index in [4.69, 9.17) is 0 Å². The van der Waals surface area contributed by atoms with Crippen LogP contribution < -0.4 is 17.1 Å². The van der Waals surface area contributed by atoms with Gasteiger partial charge < -0.3 is 5.11 Å². The fraction of sp³-hybridized carbons (Fsp3) is 0.400. The lowest BCUT2D eigenvalue weighted by Gasteiger charge is -2.22. The number of H-pyrrole nitrogens is 3. The van der Waals surface area contributed by atoms with Crippen LogP contribution in [0.4, 0.5) is 0 Å². The Morgan fingerprint density at radius 2 is 1.27 bits per heavy atom. The monoisotopic (exact) mass is 307 g/mol. The number of hydrogen-bond donors (Lipinski definition) is 4. The third-order valence-corrected chi connectivity index (χ3v) is 2.93. The Bertz CT molecular complexity index is 744. The lowest BCUT2D eigenvalue weighted by atomic mass is 9.84. The van der Waals surface area contributed by atoms with Crippen molar-refractivity contribution in [1.82, 2.24) is 15.0 Å². The Morgan fingerprint density at radius 3 is 1.64 bits per heavy atom. The molecule has 4 N–H and O–H groups in total. The van der Waals surface area contributed by atoms with Gasteiger partial charge in [0.15, 0.2) is 0 Å². The van der Waals surface area contributed by atoms with Crippen LogP contribution in [0.1, 0.15) is 37.5 Å². The van der Waals surface area contributed by atoms with E-state index in [1.54, 1.807) is 15.0 Å². The number of aromatic amines is 3. The largest absolute Gasteiger partial charge is 0.507 e. The van der Waals surface area contributed by atoms with Gasteiger partial charge in [-0.3, -0.25) is 15.0 Å². The van der Waals surface area contributed by atoms with E-state index >= 15 is 0 Å². The first-order valence-electron chi connectivity index (χ1n) is 6.74. The van der Waals surface area contributed by atoms with Crippen molar-refractivity contribution in [2.75, 3.05) is 0 Å². The summed E-state index contributed by atoms with van der Waals surface area (Å²) in [6.07, 6.45) is 0. The highest BCUT2D eigenvalue weighted by molar-refractivity contribution is 5.45. The maximum absolute atomic E-state index is 10.2. The highest BCUT2D eigenvalue weighted by atomic mass is 16.3. The zero-order valence-corrected chi connectivity index (χ0v) is 13.3. The number of rotatable bonds is 0. The van der Waals surface area contributed by atoms with E-state index in [9.17, 15) is 19.5 Å². The van der Waals surface area contributed by atoms with Gasteiger partial charge in [-0.05, 0) is 30.4 Å². The molecule has 0 radical (unpaired) electrons. The maximum Gasteiger partial charge on any atom is 0.330 e. The molecule has 1 aromatic heterocycles. The van der Waals surface area contributed by atoms with Crippen LogP contribution in [0.2, 0.25) is 0 Å². The molecule has 0 unspecified atom stereocenters. The molecule has 0 saturated carbocycles. The van der Waals surface area contributed by atoms with Crippen LogP contribution in [0.3, 0.4) is 0 Å². The van der Waals surface area contributed by atoms with Gasteiger partial charge in [0.2, 0.25) is 0 Å². The van der Waals surface area contributed by atoms with E-state index in [2.05, 4.69) is 33.8 Å². The summed E-state index contributed by atoms with van der Waals surface area (Å²) in [6.45, 7) is 10.3. The molecule has 22 heavy (non-hydrogen) atoms. The number of aryl methyl sites for hydroxylation is 2. The topological polar surface area (TPSA) is 119 Å². The molecule has 120 valence electrons. The molecule has 0 aliphatic rings. The smallest absolute Gasteiger partial charge is 0.330 e. The molecule has 0 fully saturated rings. The second kappa shape index (κ2) is 6.46. The summed E-state index contributed by atoms with van der Waals surface area (Å²) < 4.78 is 0. The van der Waals surface area contributed by atoms with E-state index in [0.717, 1.165) is 11.1 Å². The highest BCUT2D eigenvalue weighted by Crippen LogP contribution is 2.33. The summed E-state index contributed by atoms with van der Waals surface area (Å²) in [7, 11) is 0. The lowest BCUT2D eigenvalue weighted by molar-refractivity contribution is 0.442. The van der Waals surface area contributed by atoms with Crippen LogP contribution >= 0.6 is 0 Å². The lowest BCUT2D eigenvalue weighted by Crippen LogP contribution is -2.34. The van der Waals surface area contributed by atoms with Crippen molar-refractivity contribution in [3.8, 4) is 5.75 Å². The summed E-state index contributed by atoms with van der Waals surface area (Å²) in [5.41, 5.74) is 0.812. The van der Waals surface area contributed by atoms with Gasteiger partial charge >= 0.3 is 17.1 Å². The number of benzene rings is 1. The molecule has 1 heterocycles. The molecule has 2 rings (SSSR count). The first-order chi connectivity index (χ1) is 10.0. The molecule has 7 heteroatoms. The van der Waals surface area contributed by atoms with Crippen LogP contribution in [0.25, 0.3) is 0 Å².